The minimum Gasteiger partial charge on any atom is -0.464 e. The Labute approximate surface area is 88.2 Å². The molecule has 5 heteroatoms. The van der Waals surface area contributed by atoms with Crippen LogP contribution in [0, 0.1) is 11.8 Å². The van der Waals surface area contributed by atoms with Crippen LogP contribution in [0.25, 0.3) is 0 Å². The van der Waals surface area contributed by atoms with Gasteiger partial charge in [-0.2, -0.15) is 0 Å². The van der Waals surface area contributed by atoms with Crippen molar-refractivity contribution in [2.24, 2.45) is 0 Å². The summed E-state index contributed by atoms with van der Waals surface area (Å²) in [5, 5.41) is 0. The van der Waals surface area contributed by atoms with Crippen molar-refractivity contribution < 1.29 is 9.53 Å². The highest BCUT2D eigenvalue weighted by atomic mass is 16.5. The van der Waals surface area contributed by atoms with E-state index >= 15 is 0 Å². The molecule has 0 aromatic carbocycles. The van der Waals surface area contributed by atoms with Gasteiger partial charge in [-0.25, -0.2) is 9.78 Å². The molecule has 15 heavy (non-hydrogen) atoms. The number of esters is 1. The molecule has 5 nitrogen and oxygen atoms in total. The lowest BCUT2D eigenvalue weighted by Gasteiger charge is -2.01. The predicted molar refractivity (Wildman–Crippen MR) is 56.0 cm³/mol. The fraction of sp³-hybridized carbons (Fsp3) is 0.400. The number of methoxy groups -OCH3 is 1. The number of rotatable bonds is 3. The second-order valence-corrected chi connectivity index (χ2v) is 2.84. The number of carbonyl (C=O) groups is 1. The molecule has 0 saturated carbocycles. The molecule has 2 N–H and O–H groups in total. The topological polar surface area (TPSA) is 70.1 Å². The van der Waals surface area contributed by atoms with Crippen LogP contribution in [0.15, 0.2) is 6.33 Å². The van der Waals surface area contributed by atoms with E-state index in [0.717, 1.165) is 0 Å². The van der Waals surface area contributed by atoms with Crippen molar-refractivity contribution in [1.29, 1.82) is 0 Å². The quantitative estimate of drug-likeness (QED) is 0.584. The Kier molecular flexibility index (Phi) is 3.75. The van der Waals surface area contributed by atoms with Crippen molar-refractivity contribution in [2.45, 2.75) is 19.9 Å². The molecule has 0 aliphatic rings. The zero-order valence-electron chi connectivity index (χ0n) is 8.78. The van der Waals surface area contributed by atoms with Gasteiger partial charge in [0.1, 0.15) is 5.82 Å². The average molecular weight is 207 g/mol. The van der Waals surface area contributed by atoms with Crippen molar-refractivity contribution in [3.05, 3.63) is 12.0 Å². The second-order valence-electron chi connectivity index (χ2n) is 2.84. The van der Waals surface area contributed by atoms with Crippen LogP contribution in [0.4, 0.5) is 5.82 Å². The summed E-state index contributed by atoms with van der Waals surface area (Å²) in [5.74, 6) is 5.49. The number of aromatic nitrogens is 2. The van der Waals surface area contributed by atoms with Crippen LogP contribution < -0.4 is 5.73 Å². The molecular weight excluding hydrogens is 194 g/mol. The van der Waals surface area contributed by atoms with E-state index in [1.165, 1.54) is 13.4 Å². The molecule has 0 aliphatic carbocycles. The maximum Gasteiger partial charge on any atom is 0.360 e. The van der Waals surface area contributed by atoms with Crippen LogP contribution in [0.5, 0.6) is 0 Å². The summed E-state index contributed by atoms with van der Waals surface area (Å²) in [6, 6.07) is 0. The van der Waals surface area contributed by atoms with Crippen molar-refractivity contribution in [3.8, 4) is 11.8 Å². The lowest BCUT2D eigenvalue weighted by molar-refractivity contribution is 0.0596. The van der Waals surface area contributed by atoms with E-state index in [4.69, 9.17) is 5.73 Å². The molecule has 0 spiro atoms. The summed E-state index contributed by atoms with van der Waals surface area (Å²) in [5.41, 5.74) is 5.87. The molecule has 0 bridgehead atoms. The van der Waals surface area contributed by atoms with Gasteiger partial charge in [0.2, 0.25) is 0 Å². The number of imidazole rings is 1. The summed E-state index contributed by atoms with van der Waals surface area (Å²) in [4.78, 5) is 15.1. The Bertz CT molecular complexity index is 412. The van der Waals surface area contributed by atoms with Gasteiger partial charge in [-0.05, 0) is 6.92 Å². The highest BCUT2D eigenvalue weighted by Gasteiger charge is 2.15. The third kappa shape index (κ3) is 2.50. The number of carbonyl (C=O) groups excluding carboxylic acids is 1. The van der Waals surface area contributed by atoms with E-state index in [1.54, 1.807) is 11.5 Å². The monoisotopic (exact) mass is 207 g/mol. The Morgan fingerprint density at radius 2 is 2.47 bits per heavy atom. The summed E-state index contributed by atoms with van der Waals surface area (Å²) in [6.07, 6.45) is 2.19. The largest absolute Gasteiger partial charge is 0.464 e. The number of hydrogen-bond acceptors (Lipinski definition) is 4. The first-order valence-electron chi connectivity index (χ1n) is 4.49. The number of nitrogens with two attached hydrogens (primary N) is 1. The lowest BCUT2D eigenvalue weighted by atomic mass is 10.4. The minimum absolute atomic E-state index is 0.155. The normalized spacial score (nSPS) is 9.20. The highest BCUT2D eigenvalue weighted by molar-refractivity contribution is 5.91. The van der Waals surface area contributed by atoms with Crippen molar-refractivity contribution >= 4 is 11.8 Å². The number of anilines is 1. The van der Waals surface area contributed by atoms with Crippen LogP contribution in [-0.4, -0.2) is 22.6 Å². The van der Waals surface area contributed by atoms with Gasteiger partial charge in [0.25, 0.3) is 0 Å². The van der Waals surface area contributed by atoms with E-state index in [-0.39, 0.29) is 5.69 Å². The number of nitrogens with zero attached hydrogens (tertiary/aromatic N) is 2. The first-order valence-corrected chi connectivity index (χ1v) is 4.49. The Morgan fingerprint density at radius 1 is 1.73 bits per heavy atom. The summed E-state index contributed by atoms with van der Waals surface area (Å²) < 4.78 is 6.21. The van der Waals surface area contributed by atoms with Gasteiger partial charge in [0.15, 0.2) is 5.69 Å². The third-order valence-electron chi connectivity index (χ3n) is 1.91. The molecule has 0 unspecified atom stereocenters. The molecule has 0 aliphatic heterocycles. The van der Waals surface area contributed by atoms with Gasteiger partial charge < -0.3 is 15.0 Å². The maximum atomic E-state index is 11.2. The summed E-state index contributed by atoms with van der Waals surface area (Å²) >= 11 is 0. The first kappa shape index (κ1) is 11.1. The maximum absolute atomic E-state index is 11.2. The van der Waals surface area contributed by atoms with Gasteiger partial charge in [0.05, 0.1) is 13.4 Å². The molecule has 0 atom stereocenters. The van der Waals surface area contributed by atoms with Crippen LogP contribution in [0.1, 0.15) is 23.8 Å². The van der Waals surface area contributed by atoms with E-state index < -0.39 is 5.97 Å². The fourth-order valence-corrected chi connectivity index (χ4v) is 1.13. The Hall–Kier alpha value is -1.96. The zero-order valence-corrected chi connectivity index (χ0v) is 8.78. The molecule has 1 aromatic rings. The lowest BCUT2D eigenvalue weighted by Crippen LogP contribution is -2.08. The molecule has 0 fully saturated rings. The van der Waals surface area contributed by atoms with Crippen LogP contribution in [0.2, 0.25) is 0 Å². The van der Waals surface area contributed by atoms with Gasteiger partial charge in [-0.15, -0.1) is 11.8 Å². The predicted octanol–water partition coefficient (Wildman–Crippen LogP) is 0.665. The summed E-state index contributed by atoms with van der Waals surface area (Å²) in [6.45, 7) is 2.40. The fourth-order valence-electron chi connectivity index (χ4n) is 1.13. The number of ether oxygens (including phenoxy) is 1. The van der Waals surface area contributed by atoms with Crippen molar-refractivity contribution in [3.63, 3.8) is 0 Å². The second kappa shape index (κ2) is 5.05. The molecule has 1 rings (SSSR count). The molecule has 1 aromatic heterocycles. The van der Waals surface area contributed by atoms with E-state index in [2.05, 4.69) is 21.6 Å². The van der Waals surface area contributed by atoms with Gasteiger partial charge >= 0.3 is 5.97 Å². The smallest absolute Gasteiger partial charge is 0.360 e. The van der Waals surface area contributed by atoms with Gasteiger partial charge in [-0.1, -0.05) is 0 Å². The zero-order chi connectivity index (χ0) is 11.3. The minimum atomic E-state index is -0.521. The van der Waals surface area contributed by atoms with Crippen LogP contribution in [-0.2, 0) is 11.3 Å². The molecule has 1 heterocycles. The highest BCUT2D eigenvalue weighted by Crippen LogP contribution is 2.11. The third-order valence-corrected chi connectivity index (χ3v) is 1.91. The van der Waals surface area contributed by atoms with Gasteiger partial charge in [-0.3, -0.25) is 0 Å². The molecule has 0 radical (unpaired) electrons. The van der Waals surface area contributed by atoms with Crippen LogP contribution >= 0.6 is 0 Å². The number of nitrogen functional groups attached to an aromatic ring is 1. The summed E-state index contributed by atoms with van der Waals surface area (Å²) in [7, 11) is 1.29. The van der Waals surface area contributed by atoms with E-state index in [0.29, 0.717) is 18.8 Å². The number of aryl methyl sites for hydroxylation is 1. The van der Waals surface area contributed by atoms with E-state index in [1.807, 2.05) is 0 Å². The molecule has 0 amide bonds. The Balaban J connectivity index is 2.78. The average Bonchev–Trinajstić information content (AvgIpc) is 2.60. The van der Waals surface area contributed by atoms with E-state index in [9.17, 15) is 4.79 Å². The van der Waals surface area contributed by atoms with Crippen LogP contribution in [0.3, 0.4) is 0 Å². The SMILES string of the molecule is CC#CCCn1cnc(C(=O)OC)c1N. The molecule has 80 valence electrons. The van der Waals surface area contributed by atoms with Crippen molar-refractivity contribution in [2.75, 3.05) is 12.8 Å². The standard InChI is InChI=1S/C10H13N3O2/c1-3-4-5-6-13-7-12-8(9(13)11)10(14)15-2/h7H,5-6,11H2,1-2H3. The first-order chi connectivity index (χ1) is 7.20. The Morgan fingerprint density at radius 3 is 3.07 bits per heavy atom. The van der Waals surface area contributed by atoms with Crippen molar-refractivity contribution in [1.82, 2.24) is 9.55 Å². The van der Waals surface area contributed by atoms with Gasteiger partial charge in [0, 0.05) is 13.0 Å². The number of hydrogen-bond donors (Lipinski definition) is 1. The molecular formula is C10H13N3O2. The molecule has 0 saturated heterocycles.